The highest BCUT2D eigenvalue weighted by Crippen LogP contribution is 2.20. The SMILES string of the molecule is [B]C1=CCC(C2=NOC(CN3CCOCC3)C2)N=C1. The minimum atomic E-state index is 0.113. The second-order valence-electron chi connectivity index (χ2n) is 5.16. The summed E-state index contributed by atoms with van der Waals surface area (Å²) >= 11 is 0. The van der Waals surface area contributed by atoms with Crippen molar-refractivity contribution in [2.24, 2.45) is 10.1 Å². The van der Waals surface area contributed by atoms with Crippen molar-refractivity contribution in [1.82, 2.24) is 4.90 Å². The Labute approximate surface area is 114 Å². The fraction of sp³-hybridized carbons (Fsp3) is 0.692. The molecule has 0 aliphatic carbocycles. The highest BCUT2D eigenvalue weighted by molar-refractivity contribution is 6.33. The summed E-state index contributed by atoms with van der Waals surface area (Å²) < 4.78 is 5.34. The highest BCUT2D eigenvalue weighted by atomic mass is 16.6. The summed E-state index contributed by atoms with van der Waals surface area (Å²) in [4.78, 5) is 12.3. The van der Waals surface area contributed by atoms with Gasteiger partial charge in [0.25, 0.3) is 0 Å². The van der Waals surface area contributed by atoms with Gasteiger partial charge >= 0.3 is 0 Å². The van der Waals surface area contributed by atoms with E-state index in [-0.39, 0.29) is 12.1 Å². The first kappa shape index (κ1) is 12.9. The van der Waals surface area contributed by atoms with Crippen molar-refractivity contribution < 1.29 is 9.57 Å². The fourth-order valence-corrected chi connectivity index (χ4v) is 2.58. The van der Waals surface area contributed by atoms with E-state index < -0.39 is 0 Å². The summed E-state index contributed by atoms with van der Waals surface area (Å²) in [6.45, 7) is 4.52. The van der Waals surface area contributed by atoms with Gasteiger partial charge in [-0.25, -0.2) is 0 Å². The number of ether oxygens (including phenoxy) is 1. The van der Waals surface area contributed by atoms with Crippen LogP contribution in [-0.4, -0.2) is 69.7 Å². The predicted octanol–water partition coefficient (Wildman–Crippen LogP) is 0.359. The molecule has 0 saturated carbocycles. The molecule has 19 heavy (non-hydrogen) atoms. The summed E-state index contributed by atoms with van der Waals surface area (Å²) in [5.74, 6) is 0. The molecule has 100 valence electrons. The zero-order valence-corrected chi connectivity index (χ0v) is 11.0. The minimum absolute atomic E-state index is 0.113. The van der Waals surface area contributed by atoms with Crippen LogP contribution in [0.5, 0.6) is 0 Å². The third kappa shape index (κ3) is 3.25. The second-order valence-corrected chi connectivity index (χ2v) is 5.16. The molecular formula is C13H18BN3O2. The Morgan fingerprint density at radius 3 is 2.95 bits per heavy atom. The first-order chi connectivity index (χ1) is 9.31. The standard InChI is InChI=1S/C13H18BN3O2/c14-10-1-2-12(15-8-10)13-7-11(19-16-13)9-17-3-5-18-6-4-17/h1,8,11-12H,2-7,9H2. The van der Waals surface area contributed by atoms with Gasteiger partial charge in [-0.15, -0.1) is 0 Å². The summed E-state index contributed by atoms with van der Waals surface area (Å²) in [6.07, 6.45) is 5.56. The number of nitrogens with zero attached hydrogens (tertiary/aromatic N) is 3. The van der Waals surface area contributed by atoms with Gasteiger partial charge in [-0.3, -0.25) is 9.89 Å². The van der Waals surface area contributed by atoms with Crippen LogP contribution in [0.3, 0.4) is 0 Å². The van der Waals surface area contributed by atoms with Crippen molar-refractivity contribution >= 4 is 19.8 Å². The normalized spacial score (nSPS) is 31.8. The molecule has 2 unspecified atom stereocenters. The number of aliphatic imine (C=N–C) groups is 1. The molecule has 0 aromatic rings. The van der Waals surface area contributed by atoms with Gasteiger partial charge in [0.1, 0.15) is 14.0 Å². The van der Waals surface area contributed by atoms with Gasteiger partial charge in [-0.05, 0) is 6.42 Å². The van der Waals surface area contributed by atoms with Crippen LogP contribution in [0, 0.1) is 0 Å². The Hall–Kier alpha value is -1.14. The molecule has 5 nitrogen and oxygen atoms in total. The van der Waals surface area contributed by atoms with Gasteiger partial charge < -0.3 is 9.57 Å². The van der Waals surface area contributed by atoms with Gasteiger partial charge in [-0.1, -0.05) is 16.7 Å². The monoisotopic (exact) mass is 259 g/mol. The number of hydrogen-bond acceptors (Lipinski definition) is 5. The molecule has 0 bridgehead atoms. The summed E-state index contributed by atoms with van der Waals surface area (Å²) in [5, 5.41) is 4.21. The van der Waals surface area contributed by atoms with Crippen molar-refractivity contribution in [2.45, 2.75) is 25.0 Å². The van der Waals surface area contributed by atoms with E-state index in [9.17, 15) is 0 Å². The molecule has 0 amide bonds. The molecular weight excluding hydrogens is 241 g/mol. The van der Waals surface area contributed by atoms with E-state index in [1.807, 2.05) is 6.08 Å². The van der Waals surface area contributed by atoms with Gasteiger partial charge in [0, 0.05) is 32.3 Å². The number of oxime groups is 1. The lowest BCUT2D eigenvalue weighted by Gasteiger charge is -2.28. The Kier molecular flexibility index (Phi) is 3.99. The van der Waals surface area contributed by atoms with E-state index in [4.69, 9.17) is 17.4 Å². The van der Waals surface area contributed by atoms with Gasteiger partial charge in [0.2, 0.25) is 0 Å². The zero-order valence-electron chi connectivity index (χ0n) is 11.0. The molecule has 0 N–H and O–H groups in total. The quantitative estimate of drug-likeness (QED) is 0.687. The van der Waals surface area contributed by atoms with Crippen LogP contribution in [-0.2, 0) is 9.57 Å². The first-order valence-electron chi connectivity index (χ1n) is 6.83. The highest BCUT2D eigenvalue weighted by Gasteiger charge is 2.28. The number of dihydropyridines is 1. The lowest BCUT2D eigenvalue weighted by molar-refractivity contribution is -0.0000399. The molecule has 0 aromatic carbocycles. The third-order valence-corrected chi connectivity index (χ3v) is 3.69. The number of rotatable bonds is 3. The van der Waals surface area contributed by atoms with E-state index in [1.54, 1.807) is 6.21 Å². The van der Waals surface area contributed by atoms with E-state index in [0.717, 1.165) is 56.9 Å². The molecule has 2 radical (unpaired) electrons. The van der Waals surface area contributed by atoms with Crippen molar-refractivity contribution in [2.75, 3.05) is 32.8 Å². The lowest BCUT2D eigenvalue weighted by Crippen LogP contribution is -2.41. The third-order valence-electron chi connectivity index (χ3n) is 3.69. The van der Waals surface area contributed by atoms with Crippen LogP contribution in [0.4, 0.5) is 0 Å². The molecule has 3 aliphatic rings. The summed E-state index contributed by atoms with van der Waals surface area (Å²) in [5.41, 5.74) is 1.78. The summed E-state index contributed by atoms with van der Waals surface area (Å²) in [7, 11) is 5.67. The van der Waals surface area contributed by atoms with Crippen molar-refractivity contribution in [1.29, 1.82) is 0 Å². The predicted molar refractivity (Wildman–Crippen MR) is 74.9 cm³/mol. The number of allylic oxidation sites excluding steroid dienone is 1. The Morgan fingerprint density at radius 1 is 1.37 bits per heavy atom. The largest absolute Gasteiger partial charge is 0.391 e. The maximum Gasteiger partial charge on any atom is 0.145 e. The van der Waals surface area contributed by atoms with Crippen LogP contribution in [0.25, 0.3) is 0 Å². The molecule has 3 rings (SSSR count). The van der Waals surface area contributed by atoms with Crippen molar-refractivity contribution in [3.8, 4) is 0 Å². The lowest BCUT2D eigenvalue weighted by atomic mass is 9.91. The topological polar surface area (TPSA) is 46.4 Å². The van der Waals surface area contributed by atoms with Gasteiger partial charge in [0.05, 0.1) is 25.0 Å². The average Bonchev–Trinajstić information content (AvgIpc) is 2.89. The molecule has 0 aromatic heterocycles. The summed E-state index contributed by atoms with van der Waals surface area (Å²) in [6, 6.07) is 0.113. The van der Waals surface area contributed by atoms with Crippen molar-refractivity contribution in [3.05, 3.63) is 11.5 Å². The van der Waals surface area contributed by atoms with Crippen LogP contribution < -0.4 is 0 Å². The molecule has 3 aliphatic heterocycles. The molecule has 1 fully saturated rings. The maximum atomic E-state index is 5.67. The van der Waals surface area contributed by atoms with Crippen LogP contribution in [0.1, 0.15) is 12.8 Å². The fourth-order valence-electron chi connectivity index (χ4n) is 2.58. The molecule has 6 heteroatoms. The van der Waals surface area contributed by atoms with E-state index in [0.29, 0.717) is 0 Å². The Morgan fingerprint density at radius 2 is 2.21 bits per heavy atom. The Bertz CT molecular complexity index is 416. The molecule has 1 saturated heterocycles. The van der Waals surface area contributed by atoms with Crippen LogP contribution in [0.15, 0.2) is 21.7 Å². The second kappa shape index (κ2) is 5.88. The van der Waals surface area contributed by atoms with Crippen LogP contribution >= 0.6 is 0 Å². The number of morpholine rings is 1. The van der Waals surface area contributed by atoms with Gasteiger partial charge in [-0.2, -0.15) is 0 Å². The minimum Gasteiger partial charge on any atom is -0.391 e. The average molecular weight is 259 g/mol. The van der Waals surface area contributed by atoms with E-state index in [1.165, 1.54) is 0 Å². The Balaban J connectivity index is 1.48. The number of hydrogen-bond donors (Lipinski definition) is 0. The smallest absolute Gasteiger partial charge is 0.145 e. The zero-order chi connectivity index (χ0) is 13.1. The van der Waals surface area contributed by atoms with E-state index >= 15 is 0 Å². The maximum absolute atomic E-state index is 5.67. The molecule has 0 spiro atoms. The van der Waals surface area contributed by atoms with Gasteiger partial charge in [0.15, 0.2) is 0 Å². The van der Waals surface area contributed by atoms with Crippen LogP contribution in [0.2, 0.25) is 0 Å². The van der Waals surface area contributed by atoms with E-state index in [2.05, 4.69) is 15.0 Å². The van der Waals surface area contributed by atoms with Crippen molar-refractivity contribution in [3.63, 3.8) is 0 Å². The first-order valence-corrected chi connectivity index (χ1v) is 6.83. The molecule has 3 heterocycles. The molecule has 2 atom stereocenters.